The molecule has 4 rings (SSSR count). The Balaban J connectivity index is 1.60. The summed E-state index contributed by atoms with van der Waals surface area (Å²) in [6, 6.07) is 11.1. The number of aromatic nitrogens is 2. The van der Waals surface area contributed by atoms with E-state index in [0.717, 1.165) is 34.2 Å². The van der Waals surface area contributed by atoms with E-state index in [1.54, 1.807) is 11.3 Å². The van der Waals surface area contributed by atoms with E-state index < -0.39 is 0 Å². The predicted octanol–water partition coefficient (Wildman–Crippen LogP) is 3.61. The van der Waals surface area contributed by atoms with Crippen LogP contribution in [-0.2, 0) is 6.54 Å². The maximum absolute atomic E-state index is 4.72. The largest absolute Gasteiger partial charge is 0.308 e. The molecule has 2 heterocycles. The molecular formula is C16H15N3S. The molecule has 3 aromatic rings. The van der Waals surface area contributed by atoms with E-state index in [4.69, 9.17) is 4.98 Å². The van der Waals surface area contributed by atoms with Crippen molar-refractivity contribution >= 4 is 22.2 Å². The Morgan fingerprint density at radius 3 is 3.10 bits per heavy atom. The maximum Gasteiger partial charge on any atom is 0.123 e. The molecule has 0 aliphatic heterocycles. The monoisotopic (exact) mass is 281 g/mol. The molecule has 0 atom stereocenters. The van der Waals surface area contributed by atoms with Gasteiger partial charge in [-0.15, -0.1) is 11.3 Å². The van der Waals surface area contributed by atoms with Gasteiger partial charge >= 0.3 is 0 Å². The molecule has 100 valence electrons. The molecule has 2 aromatic heterocycles. The molecule has 4 heteroatoms. The predicted molar refractivity (Wildman–Crippen MR) is 82.7 cm³/mol. The van der Waals surface area contributed by atoms with Crippen LogP contribution in [-0.4, -0.2) is 16.0 Å². The van der Waals surface area contributed by atoms with Crippen molar-refractivity contribution in [2.75, 3.05) is 0 Å². The average Bonchev–Trinajstić information content (AvgIpc) is 3.21. The topological polar surface area (TPSA) is 37.8 Å². The van der Waals surface area contributed by atoms with Crippen molar-refractivity contribution in [1.82, 2.24) is 15.3 Å². The van der Waals surface area contributed by atoms with Gasteiger partial charge in [-0.25, -0.2) is 4.98 Å². The summed E-state index contributed by atoms with van der Waals surface area (Å²) in [6.07, 6.45) is 4.45. The highest BCUT2D eigenvalue weighted by atomic mass is 32.1. The number of hydrogen-bond donors (Lipinski definition) is 1. The van der Waals surface area contributed by atoms with Crippen LogP contribution in [0.1, 0.15) is 18.5 Å². The highest BCUT2D eigenvalue weighted by Crippen LogP contribution is 2.27. The first-order chi connectivity index (χ1) is 9.88. The summed E-state index contributed by atoms with van der Waals surface area (Å²) in [5.41, 5.74) is 3.35. The third-order valence-corrected chi connectivity index (χ3v) is 4.49. The number of nitrogens with one attached hydrogen (secondary N) is 1. The van der Waals surface area contributed by atoms with Crippen LogP contribution >= 0.6 is 11.3 Å². The second kappa shape index (κ2) is 4.96. The van der Waals surface area contributed by atoms with Gasteiger partial charge in [0.25, 0.3) is 0 Å². The number of nitrogens with zero attached hydrogens (tertiary/aromatic N) is 2. The van der Waals surface area contributed by atoms with Gasteiger partial charge in [-0.3, -0.25) is 4.98 Å². The lowest BCUT2D eigenvalue weighted by Gasteiger charge is -2.00. The molecule has 0 unspecified atom stereocenters. The van der Waals surface area contributed by atoms with Crippen LogP contribution < -0.4 is 5.32 Å². The number of benzene rings is 1. The fourth-order valence-electron chi connectivity index (χ4n) is 2.27. The lowest BCUT2D eigenvalue weighted by atomic mass is 10.1. The van der Waals surface area contributed by atoms with Gasteiger partial charge < -0.3 is 5.32 Å². The minimum atomic E-state index is 0.729. The van der Waals surface area contributed by atoms with Crippen LogP contribution in [0.15, 0.2) is 41.9 Å². The Hall–Kier alpha value is -1.78. The Kier molecular flexibility index (Phi) is 2.98. The standard InChI is InChI=1S/C16H15N3S/c1-2-11-8-12(3-6-15(11)17-7-1)16-19-14(10-20-16)9-18-13-4-5-13/h1-3,6-8,10,13,18H,4-5,9H2. The highest BCUT2D eigenvalue weighted by Gasteiger charge is 2.20. The SMILES string of the molecule is c1cnc2ccc(-c3nc(CNC4CC4)cs3)cc2c1. The van der Waals surface area contributed by atoms with Gasteiger partial charge in [0, 0.05) is 35.1 Å². The normalized spacial score (nSPS) is 14.8. The molecular weight excluding hydrogens is 266 g/mol. The second-order valence-electron chi connectivity index (χ2n) is 5.21. The number of thiazole rings is 1. The van der Waals surface area contributed by atoms with Crippen LogP contribution in [0.25, 0.3) is 21.5 Å². The summed E-state index contributed by atoms with van der Waals surface area (Å²) in [5, 5.41) is 7.90. The summed E-state index contributed by atoms with van der Waals surface area (Å²) < 4.78 is 0. The van der Waals surface area contributed by atoms with Crippen LogP contribution in [0.5, 0.6) is 0 Å². The van der Waals surface area contributed by atoms with Crippen molar-refractivity contribution in [1.29, 1.82) is 0 Å². The molecule has 0 radical (unpaired) electrons. The second-order valence-corrected chi connectivity index (χ2v) is 6.07. The molecule has 1 fully saturated rings. The van der Waals surface area contributed by atoms with E-state index in [1.165, 1.54) is 18.4 Å². The summed E-state index contributed by atoms with van der Waals surface area (Å²) in [6.45, 7) is 0.885. The zero-order valence-corrected chi connectivity index (χ0v) is 11.9. The van der Waals surface area contributed by atoms with Gasteiger partial charge in [-0.2, -0.15) is 0 Å². The van der Waals surface area contributed by atoms with Crippen molar-refractivity contribution < 1.29 is 0 Å². The zero-order valence-electron chi connectivity index (χ0n) is 11.0. The average molecular weight is 281 g/mol. The van der Waals surface area contributed by atoms with Gasteiger partial charge in [0.05, 0.1) is 11.2 Å². The summed E-state index contributed by atoms with van der Waals surface area (Å²) >= 11 is 1.71. The molecule has 1 N–H and O–H groups in total. The van der Waals surface area contributed by atoms with Crippen molar-refractivity contribution in [3.8, 4) is 10.6 Å². The smallest absolute Gasteiger partial charge is 0.123 e. The molecule has 1 aromatic carbocycles. The molecule has 1 saturated carbocycles. The molecule has 1 aliphatic rings. The van der Waals surface area contributed by atoms with Gasteiger partial charge in [-0.1, -0.05) is 6.07 Å². The minimum Gasteiger partial charge on any atom is -0.308 e. The summed E-state index contributed by atoms with van der Waals surface area (Å²) in [7, 11) is 0. The van der Waals surface area contributed by atoms with E-state index in [0.29, 0.717) is 0 Å². The molecule has 20 heavy (non-hydrogen) atoms. The van der Waals surface area contributed by atoms with Crippen LogP contribution in [0.3, 0.4) is 0 Å². The summed E-state index contributed by atoms with van der Waals surface area (Å²) in [5.74, 6) is 0. The van der Waals surface area contributed by atoms with Crippen LogP contribution in [0.2, 0.25) is 0 Å². The third-order valence-electron chi connectivity index (χ3n) is 3.55. The molecule has 0 saturated heterocycles. The van der Waals surface area contributed by atoms with Crippen molar-refractivity contribution in [3.63, 3.8) is 0 Å². The Bertz CT molecular complexity index is 746. The van der Waals surface area contributed by atoms with E-state index in [9.17, 15) is 0 Å². The Morgan fingerprint density at radius 1 is 1.25 bits per heavy atom. The lowest BCUT2D eigenvalue weighted by Crippen LogP contribution is -2.15. The third kappa shape index (κ3) is 2.44. The fourth-order valence-corrected chi connectivity index (χ4v) is 3.08. The summed E-state index contributed by atoms with van der Waals surface area (Å²) in [4.78, 5) is 9.07. The Morgan fingerprint density at radius 2 is 2.20 bits per heavy atom. The van der Waals surface area contributed by atoms with E-state index in [-0.39, 0.29) is 0 Å². The number of fused-ring (bicyclic) bond motifs is 1. The van der Waals surface area contributed by atoms with Crippen molar-refractivity contribution in [2.45, 2.75) is 25.4 Å². The van der Waals surface area contributed by atoms with Crippen molar-refractivity contribution in [3.05, 3.63) is 47.6 Å². The maximum atomic E-state index is 4.72. The fraction of sp³-hybridized carbons (Fsp3) is 0.250. The van der Waals surface area contributed by atoms with Crippen LogP contribution in [0.4, 0.5) is 0 Å². The van der Waals surface area contributed by atoms with E-state index in [1.807, 2.05) is 12.3 Å². The zero-order chi connectivity index (χ0) is 13.4. The minimum absolute atomic E-state index is 0.729. The number of hydrogen-bond acceptors (Lipinski definition) is 4. The molecule has 3 nitrogen and oxygen atoms in total. The molecule has 0 amide bonds. The molecule has 0 spiro atoms. The highest BCUT2D eigenvalue weighted by molar-refractivity contribution is 7.13. The van der Waals surface area contributed by atoms with Crippen LogP contribution in [0, 0.1) is 0 Å². The first-order valence-electron chi connectivity index (χ1n) is 6.91. The van der Waals surface area contributed by atoms with Gasteiger partial charge in [0.1, 0.15) is 5.01 Å². The van der Waals surface area contributed by atoms with E-state index in [2.05, 4.69) is 39.9 Å². The van der Waals surface area contributed by atoms with Gasteiger partial charge in [0.15, 0.2) is 0 Å². The van der Waals surface area contributed by atoms with Gasteiger partial charge in [-0.05, 0) is 37.1 Å². The number of rotatable bonds is 4. The number of pyridine rings is 1. The molecule has 1 aliphatic carbocycles. The van der Waals surface area contributed by atoms with Gasteiger partial charge in [0.2, 0.25) is 0 Å². The first-order valence-corrected chi connectivity index (χ1v) is 7.79. The first kappa shape index (κ1) is 12.0. The molecule has 0 bridgehead atoms. The van der Waals surface area contributed by atoms with E-state index >= 15 is 0 Å². The lowest BCUT2D eigenvalue weighted by molar-refractivity contribution is 0.678. The quantitative estimate of drug-likeness (QED) is 0.794. The Labute approximate surface area is 121 Å². The van der Waals surface area contributed by atoms with Crippen molar-refractivity contribution in [2.24, 2.45) is 0 Å².